The highest BCUT2D eigenvalue weighted by Crippen LogP contribution is 2.37. The van der Waals surface area contributed by atoms with Crippen LogP contribution < -0.4 is 4.74 Å². The molecule has 2 heterocycles. The molecule has 1 aromatic rings. The molecular weight excluding hydrogens is 242 g/mol. The first kappa shape index (κ1) is 12.2. The van der Waals surface area contributed by atoms with E-state index in [9.17, 15) is 9.59 Å². The molecule has 1 atom stereocenters. The monoisotopic (exact) mass is 259 g/mol. The maximum atomic E-state index is 11.9. The maximum absolute atomic E-state index is 11.9. The summed E-state index contributed by atoms with van der Waals surface area (Å²) in [5, 5.41) is 0. The van der Waals surface area contributed by atoms with E-state index in [0.29, 0.717) is 19.6 Å². The van der Waals surface area contributed by atoms with Crippen LogP contribution in [0.5, 0.6) is 5.75 Å². The number of nitrogens with zero attached hydrogens (tertiary/aromatic N) is 1. The van der Waals surface area contributed by atoms with Crippen molar-refractivity contribution in [1.29, 1.82) is 0 Å². The van der Waals surface area contributed by atoms with Crippen LogP contribution >= 0.6 is 0 Å². The highest BCUT2D eigenvalue weighted by Gasteiger charge is 2.37. The lowest BCUT2D eigenvalue weighted by Gasteiger charge is -2.40. The molecule has 1 aromatic carbocycles. The van der Waals surface area contributed by atoms with Crippen LogP contribution in [0.4, 0.5) is 0 Å². The van der Waals surface area contributed by atoms with Crippen LogP contribution in [0.2, 0.25) is 0 Å². The molecule has 0 radical (unpaired) electrons. The van der Waals surface area contributed by atoms with Crippen LogP contribution in [0.25, 0.3) is 0 Å². The molecule has 0 aromatic heterocycles. The number of ether oxygens (including phenoxy) is 1. The molecule has 1 unspecified atom stereocenters. The summed E-state index contributed by atoms with van der Waals surface area (Å²) in [5.41, 5.74) is 2.31. The Morgan fingerprint density at radius 1 is 1.37 bits per heavy atom. The molecule has 0 spiro atoms. The van der Waals surface area contributed by atoms with Crippen molar-refractivity contribution in [3.05, 3.63) is 29.3 Å². The second-order valence-electron chi connectivity index (χ2n) is 5.07. The molecule has 1 amide bonds. The van der Waals surface area contributed by atoms with Gasteiger partial charge in [-0.1, -0.05) is 6.07 Å². The zero-order chi connectivity index (χ0) is 13.4. The van der Waals surface area contributed by atoms with Crippen LogP contribution in [-0.4, -0.2) is 29.7 Å². The topological polar surface area (TPSA) is 46.6 Å². The molecule has 4 heteroatoms. The Morgan fingerprint density at radius 3 is 3.00 bits per heavy atom. The number of carbonyl (C=O) groups is 2. The SMILES string of the molecule is CCOc1ccc2c(c1)CCN1C(=O)CC(=O)CC21. The Labute approximate surface area is 112 Å². The number of carbonyl (C=O) groups excluding carboxylic acids is 2. The Balaban J connectivity index is 1.95. The van der Waals surface area contributed by atoms with E-state index in [1.54, 1.807) is 0 Å². The van der Waals surface area contributed by atoms with Crippen molar-refractivity contribution in [2.24, 2.45) is 0 Å². The summed E-state index contributed by atoms with van der Waals surface area (Å²) in [7, 11) is 0. The van der Waals surface area contributed by atoms with Crippen LogP contribution in [-0.2, 0) is 16.0 Å². The summed E-state index contributed by atoms with van der Waals surface area (Å²) in [4.78, 5) is 25.4. The van der Waals surface area contributed by atoms with Gasteiger partial charge in [0, 0.05) is 13.0 Å². The molecule has 0 N–H and O–H groups in total. The number of ketones is 1. The van der Waals surface area contributed by atoms with Crippen molar-refractivity contribution < 1.29 is 14.3 Å². The third-order valence-electron chi connectivity index (χ3n) is 3.87. The molecule has 19 heavy (non-hydrogen) atoms. The Bertz CT molecular complexity index is 538. The zero-order valence-electron chi connectivity index (χ0n) is 11.0. The van der Waals surface area contributed by atoms with Gasteiger partial charge in [0.05, 0.1) is 19.1 Å². The number of rotatable bonds is 2. The number of amides is 1. The van der Waals surface area contributed by atoms with Gasteiger partial charge in [0.1, 0.15) is 11.5 Å². The van der Waals surface area contributed by atoms with Crippen molar-refractivity contribution in [2.75, 3.05) is 13.2 Å². The van der Waals surface area contributed by atoms with Gasteiger partial charge in [-0.05, 0) is 36.6 Å². The smallest absolute Gasteiger partial charge is 0.230 e. The van der Waals surface area contributed by atoms with Crippen LogP contribution in [0.1, 0.15) is 36.9 Å². The van der Waals surface area contributed by atoms with E-state index in [4.69, 9.17) is 4.74 Å². The molecule has 100 valence electrons. The average Bonchev–Trinajstić information content (AvgIpc) is 2.38. The summed E-state index contributed by atoms with van der Waals surface area (Å²) >= 11 is 0. The minimum Gasteiger partial charge on any atom is -0.494 e. The molecule has 0 saturated carbocycles. The molecule has 2 aliphatic rings. The standard InChI is InChI=1S/C15H17NO3/c1-2-19-12-3-4-13-10(7-12)5-6-16-14(13)8-11(17)9-15(16)18/h3-4,7,14H,2,5-6,8-9H2,1H3. The largest absolute Gasteiger partial charge is 0.494 e. The molecule has 2 aliphatic heterocycles. The maximum Gasteiger partial charge on any atom is 0.230 e. The van der Waals surface area contributed by atoms with Gasteiger partial charge in [0.2, 0.25) is 5.91 Å². The lowest BCUT2D eigenvalue weighted by molar-refractivity contribution is -0.143. The van der Waals surface area contributed by atoms with Gasteiger partial charge in [0.15, 0.2) is 0 Å². The second kappa shape index (κ2) is 4.68. The van der Waals surface area contributed by atoms with Gasteiger partial charge >= 0.3 is 0 Å². The van der Waals surface area contributed by atoms with E-state index in [2.05, 4.69) is 0 Å². The fourth-order valence-electron chi connectivity index (χ4n) is 3.02. The van der Waals surface area contributed by atoms with Crippen LogP contribution in [0.3, 0.4) is 0 Å². The normalized spacial score (nSPS) is 21.9. The molecule has 3 rings (SSSR count). The first-order valence-electron chi connectivity index (χ1n) is 6.76. The number of hydrogen-bond acceptors (Lipinski definition) is 3. The number of fused-ring (bicyclic) bond motifs is 3. The molecule has 0 aliphatic carbocycles. The van der Waals surface area contributed by atoms with Gasteiger partial charge in [-0.25, -0.2) is 0 Å². The molecular formula is C15H17NO3. The Hall–Kier alpha value is -1.84. The van der Waals surface area contributed by atoms with Crippen molar-refractivity contribution in [3.8, 4) is 5.75 Å². The molecule has 1 saturated heterocycles. The van der Waals surface area contributed by atoms with E-state index in [-0.39, 0.29) is 24.2 Å². The Morgan fingerprint density at radius 2 is 2.21 bits per heavy atom. The van der Waals surface area contributed by atoms with Crippen LogP contribution in [0, 0.1) is 0 Å². The zero-order valence-corrected chi connectivity index (χ0v) is 11.0. The molecule has 1 fully saturated rings. The van der Waals surface area contributed by atoms with Crippen molar-refractivity contribution in [3.63, 3.8) is 0 Å². The van der Waals surface area contributed by atoms with E-state index >= 15 is 0 Å². The van der Waals surface area contributed by atoms with Gasteiger partial charge in [0.25, 0.3) is 0 Å². The van der Waals surface area contributed by atoms with Gasteiger partial charge < -0.3 is 9.64 Å². The van der Waals surface area contributed by atoms with Crippen molar-refractivity contribution in [1.82, 2.24) is 4.90 Å². The number of Topliss-reactive ketones (excluding diaryl/α,β-unsaturated/α-hetero) is 1. The summed E-state index contributed by atoms with van der Waals surface area (Å²) in [5.74, 6) is 0.886. The third-order valence-corrected chi connectivity index (χ3v) is 3.87. The lowest BCUT2D eigenvalue weighted by Crippen LogP contribution is -2.45. The van der Waals surface area contributed by atoms with Gasteiger partial charge in [-0.15, -0.1) is 0 Å². The minimum atomic E-state index is -0.0619. The van der Waals surface area contributed by atoms with Gasteiger partial charge in [-0.3, -0.25) is 9.59 Å². The summed E-state index contributed by atoms with van der Waals surface area (Å²) in [6.07, 6.45) is 1.36. The number of piperidine rings is 1. The number of hydrogen-bond donors (Lipinski definition) is 0. The van der Waals surface area contributed by atoms with E-state index < -0.39 is 0 Å². The fourth-order valence-corrected chi connectivity index (χ4v) is 3.02. The third kappa shape index (κ3) is 2.11. The summed E-state index contributed by atoms with van der Waals surface area (Å²) < 4.78 is 5.50. The Kier molecular flexibility index (Phi) is 3.01. The second-order valence-corrected chi connectivity index (χ2v) is 5.07. The summed E-state index contributed by atoms with van der Waals surface area (Å²) in [6, 6.07) is 5.91. The number of benzene rings is 1. The first-order valence-corrected chi connectivity index (χ1v) is 6.76. The lowest BCUT2D eigenvalue weighted by atomic mass is 9.86. The van der Waals surface area contributed by atoms with E-state index in [0.717, 1.165) is 17.7 Å². The fraction of sp³-hybridized carbons (Fsp3) is 0.467. The quantitative estimate of drug-likeness (QED) is 0.762. The highest BCUT2D eigenvalue weighted by molar-refractivity contribution is 6.01. The minimum absolute atomic E-state index is 0.0271. The van der Waals surface area contributed by atoms with Gasteiger partial charge in [-0.2, -0.15) is 0 Å². The van der Waals surface area contributed by atoms with E-state index in [1.807, 2.05) is 30.0 Å². The first-order chi connectivity index (χ1) is 9.19. The predicted molar refractivity (Wildman–Crippen MR) is 70.0 cm³/mol. The van der Waals surface area contributed by atoms with E-state index in [1.165, 1.54) is 5.56 Å². The molecule has 4 nitrogen and oxygen atoms in total. The highest BCUT2D eigenvalue weighted by atomic mass is 16.5. The van der Waals surface area contributed by atoms with Crippen LogP contribution in [0.15, 0.2) is 18.2 Å². The summed E-state index contributed by atoms with van der Waals surface area (Å²) in [6.45, 7) is 3.31. The predicted octanol–water partition coefficient (Wildman–Crippen LogP) is 1.87. The van der Waals surface area contributed by atoms with Crippen molar-refractivity contribution >= 4 is 11.7 Å². The van der Waals surface area contributed by atoms with Crippen molar-refractivity contribution in [2.45, 2.75) is 32.2 Å². The average molecular weight is 259 g/mol. The molecule has 0 bridgehead atoms.